The van der Waals surface area contributed by atoms with Crippen LogP contribution in [0.2, 0.25) is 0 Å². The number of H-pyrrole nitrogens is 1. The number of hydrogen-bond donors (Lipinski definition) is 3. The summed E-state index contributed by atoms with van der Waals surface area (Å²) in [4.78, 5) is 47.8. The van der Waals surface area contributed by atoms with Crippen molar-refractivity contribution < 1.29 is 14.3 Å². The summed E-state index contributed by atoms with van der Waals surface area (Å²) in [5.41, 5.74) is -0.790. The van der Waals surface area contributed by atoms with E-state index < -0.39 is 22.8 Å². The van der Waals surface area contributed by atoms with Gasteiger partial charge in [-0.2, -0.15) is 0 Å². The zero-order valence-electron chi connectivity index (χ0n) is 20.7. The first-order chi connectivity index (χ1) is 17.5. The van der Waals surface area contributed by atoms with Crippen molar-refractivity contribution in [1.29, 1.82) is 0 Å². The minimum absolute atomic E-state index is 0.0106. The van der Waals surface area contributed by atoms with Crippen LogP contribution in [-0.4, -0.2) is 55.8 Å². The molecule has 0 aromatic carbocycles. The Bertz CT molecular complexity index is 1640. The number of carboxylic acids is 1. The maximum absolute atomic E-state index is 14.8. The first-order valence-corrected chi connectivity index (χ1v) is 12.0. The molecule has 0 amide bonds. The van der Waals surface area contributed by atoms with Crippen LogP contribution in [0.15, 0.2) is 52.3 Å². The number of aromatic amines is 1. The number of aromatic nitrogens is 4. The first-order valence-electron chi connectivity index (χ1n) is 12.0. The molecule has 6 heterocycles. The summed E-state index contributed by atoms with van der Waals surface area (Å²) >= 11 is 0. The number of rotatable bonds is 2. The summed E-state index contributed by atoms with van der Waals surface area (Å²) in [6, 6.07) is 8.63. The van der Waals surface area contributed by atoms with E-state index in [-0.39, 0.29) is 28.4 Å². The molecule has 192 valence electrons. The van der Waals surface area contributed by atoms with Crippen molar-refractivity contribution in [3.8, 4) is 0 Å². The van der Waals surface area contributed by atoms with Crippen molar-refractivity contribution >= 4 is 33.9 Å². The SMILES string of the molecule is CC(C)(C)n1cc(C(=O)O)c(=O)c2cc(F)c(N3CC4CC3CN4)nc21.O=c1ccc2cccnc2[nH]1. The van der Waals surface area contributed by atoms with Gasteiger partial charge < -0.3 is 24.9 Å². The minimum Gasteiger partial charge on any atom is -0.477 e. The third-order valence-corrected chi connectivity index (χ3v) is 6.69. The van der Waals surface area contributed by atoms with E-state index in [9.17, 15) is 23.9 Å². The molecule has 37 heavy (non-hydrogen) atoms. The zero-order valence-corrected chi connectivity index (χ0v) is 20.7. The number of nitrogens with one attached hydrogen (secondary N) is 2. The predicted molar refractivity (Wildman–Crippen MR) is 138 cm³/mol. The van der Waals surface area contributed by atoms with Crippen molar-refractivity contribution in [2.45, 2.75) is 44.8 Å². The molecule has 4 aromatic rings. The van der Waals surface area contributed by atoms with Gasteiger partial charge in [-0.25, -0.2) is 19.2 Å². The summed E-state index contributed by atoms with van der Waals surface area (Å²) in [6.45, 7) is 7.11. The topological polar surface area (TPSA) is 133 Å². The molecule has 11 heteroatoms. The molecule has 10 nitrogen and oxygen atoms in total. The number of hydrogen-bond acceptors (Lipinski definition) is 7. The Morgan fingerprint density at radius 2 is 2.00 bits per heavy atom. The third-order valence-electron chi connectivity index (χ3n) is 6.69. The minimum atomic E-state index is -1.33. The number of pyridine rings is 4. The smallest absolute Gasteiger partial charge is 0.341 e. The van der Waals surface area contributed by atoms with Gasteiger partial charge in [0.25, 0.3) is 0 Å². The average molecular weight is 507 g/mol. The van der Waals surface area contributed by atoms with E-state index >= 15 is 0 Å². The number of anilines is 1. The molecule has 0 spiro atoms. The van der Waals surface area contributed by atoms with Crippen LogP contribution in [0.5, 0.6) is 0 Å². The summed E-state index contributed by atoms with van der Waals surface area (Å²) in [7, 11) is 0. The lowest BCUT2D eigenvalue weighted by Gasteiger charge is -2.30. The standard InChI is InChI=1S/C18H21FN4O3.C8H6N2O/c1-18(2,3)23-8-12(17(25)26)14(24)11-5-13(19)16(21-15(11)23)22-7-9-4-10(22)6-20-9;11-7-4-3-6-2-1-5-9-8(6)10-7/h5,8-10,20H,4,6-7H2,1-3H3,(H,25,26);1-5H,(H,9,10,11). The molecule has 2 bridgehead atoms. The van der Waals surface area contributed by atoms with E-state index in [0.29, 0.717) is 23.9 Å². The highest BCUT2D eigenvalue weighted by Crippen LogP contribution is 2.32. The lowest BCUT2D eigenvalue weighted by molar-refractivity contribution is 0.0694. The molecule has 2 saturated heterocycles. The fraction of sp³-hybridized carbons (Fsp3) is 0.346. The summed E-state index contributed by atoms with van der Waals surface area (Å²) in [5.74, 6) is -1.69. The van der Waals surface area contributed by atoms with Gasteiger partial charge in [-0.15, -0.1) is 0 Å². The molecule has 4 aromatic heterocycles. The highest BCUT2D eigenvalue weighted by Gasteiger charge is 2.39. The number of carboxylic acid groups (broad SMARTS) is 1. The Labute approximate surface area is 210 Å². The molecule has 3 N–H and O–H groups in total. The van der Waals surface area contributed by atoms with Crippen LogP contribution in [0, 0.1) is 5.82 Å². The predicted octanol–water partition coefficient (Wildman–Crippen LogP) is 2.46. The molecule has 2 unspecified atom stereocenters. The summed E-state index contributed by atoms with van der Waals surface area (Å²) < 4.78 is 16.5. The first kappa shape index (κ1) is 24.6. The summed E-state index contributed by atoms with van der Waals surface area (Å²) in [6.07, 6.45) is 3.90. The van der Waals surface area contributed by atoms with Gasteiger partial charge >= 0.3 is 5.97 Å². The van der Waals surface area contributed by atoms with Crippen LogP contribution in [0.1, 0.15) is 37.6 Å². The van der Waals surface area contributed by atoms with E-state index in [0.717, 1.165) is 24.4 Å². The number of aromatic carboxylic acids is 1. The van der Waals surface area contributed by atoms with Crippen LogP contribution < -0.4 is 21.2 Å². The van der Waals surface area contributed by atoms with E-state index in [1.54, 1.807) is 16.8 Å². The summed E-state index contributed by atoms with van der Waals surface area (Å²) in [5, 5.41) is 13.6. The Hall–Kier alpha value is -4.12. The largest absolute Gasteiger partial charge is 0.477 e. The molecule has 0 aliphatic carbocycles. The molecule has 2 fully saturated rings. The number of piperazine rings is 1. The highest BCUT2D eigenvalue weighted by atomic mass is 19.1. The number of nitrogens with zero attached hydrogens (tertiary/aromatic N) is 4. The number of fused-ring (bicyclic) bond motifs is 4. The fourth-order valence-corrected chi connectivity index (χ4v) is 4.88. The molecule has 0 saturated carbocycles. The number of halogens is 1. The van der Waals surface area contributed by atoms with Gasteiger partial charge in [-0.3, -0.25) is 9.59 Å². The van der Waals surface area contributed by atoms with Crippen LogP contribution in [0.25, 0.3) is 22.1 Å². The van der Waals surface area contributed by atoms with E-state index in [1.807, 2.05) is 37.8 Å². The van der Waals surface area contributed by atoms with Gasteiger partial charge in [0.1, 0.15) is 16.9 Å². The van der Waals surface area contributed by atoms with E-state index in [1.165, 1.54) is 12.3 Å². The van der Waals surface area contributed by atoms with Crippen molar-refractivity contribution in [2.75, 3.05) is 18.0 Å². The van der Waals surface area contributed by atoms with Crippen LogP contribution in [-0.2, 0) is 5.54 Å². The Morgan fingerprint density at radius 3 is 2.65 bits per heavy atom. The van der Waals surface area contributed by atoms with Crippen LogP contribution in [0.3, 0.4) is 0 Å². The fourth-order valence-electron chi connectivity index (χ4n) is 4.88. The van der Waals surface area contributed by atoms with Gasteiger partial charge in [0, 0.05) is 54.6 Å². The third kappa shape index (κ3) is 4.57. The second-order valence-electron chi connectivity index (χ2n) is 10.3. The molecular weight excluding hydrogens is 479 g/mol. The van der Waals surface area contributed by atoms with Gasteiger partial charge in [0.15, 0.2) is 11.6 Å². The Kier molecular flexibility index (Phi) is 6.03. The normalized spacial score (nSPS) is 18.8. The van der Waals surface area contributed by atoms with Crippen LogP contribution >= 0.6 is 0 Å². The van der Waals surface area contributed by atoms with Gasteiger partial charge in [0.05, 0.1) is 5.39 Å². The molecule has 2 aliphatic rings. The van der Waals surface area contributed by atoms with Crippen molar-refractivity contribution in [1.82, 2.24) is 24.8 Å². The maximum atomic E-state index is 14.8. The molecule has 0 radical (unpaired) electrons. The van der Waals surface area contributed by atoms with Gasteiger partial charge in [-0.1, -0.05) is 0 Å². The lowest BCUT2D eigenvalue weighted by Crippen LogP contribution is -2.44. The van der Waals surface area contributed by atoms with Crippen molar-refractivity contribution in [3.05, 3.63) is 74.7 Å². The van der Waals surface area contributed by atoms with E-state index in [4.69, 9.17) is 0 Å². The monoisotopic (exact) mass is 506 g/mol. The second-order valence-corrected chi connectivity index (χ2v) is 10.3. The van der Waals surface area contributed by atoms with Gasteiger partial charge in [0.2, 0.25) is 11.0 Å². The van der Waals surface area contributed by atoms with Gasteiger partial charge in [-0.05, 0) is 51.5 Å². The molecule has 2 atom stereocenters. The molecular formula is C26H27FN6O4. The second kappa shape index (κ2) is 9.07. The van der Waals surface area contributed by atoms with Crippen molar-refractivity contribution in [3.63, 3.8) is 0 Å². The lowest BCUT2D eigenvalue weighted by atomic mass is 10.1. The highest BCUT2D eigenvalue weighted by molar-refractivity contribution is 5.92. The Balaban J connectivity index is 0.000000212. The molecule has 6 rings (SSSR count). The zero-order chi connectivity index (χ0) is 26.5. The maximum Gasteiger partial charge on any atom is 0.341 e. The number of carbonyl (C=O) groups is 1. The Morgan fingerprint density at radius 1 is 1.22 bits per heavy atom. The quantitative estimate of drug-likeness (QED) is 0.378. The average Bonchev–Trinajstić information content (AvgIpc) is 3.47. The van der Waals surface area contributed by atoms with Crippen LogP contribution in [0.4, 0.5) is 10.2 Å². The molecule has 2 aliphatic heterocycles. The van der Waals surface area contributed by atoms with Crippen molar-refractivity contribution in [2.24, 2.45) is 0 Å². The van der Waals surface area contributed by atoms with E-state index in [2.05, 4.69) is 20.3 Å².